The quantitative estimate of drug-likeness (QED) is 0.749. The largest absolute Gasteiger partial charge is 0.382 e. The first kappa shape index (κ1) is 22.2. The first-order chi connectivity index (χ1) is 15.3. The van der Waals surface area contributed by atoms with Gasteiger partial charge in [0.05, 0.1) is 5.35 Å². The van der Waals surface area contributed by atoms with E-state index in [1.807, 2.05) is 0 Å². The summed E-state index contributed by atoms with van der Waals surface area (Å²) in [6.45, 7) is 4.52. The van der Waals surface area contributed by atoms with Gasteiger partial charge < -0.3 is 20.4 Å². The number of amides is 1. The van der Waals surface area contributed by atoms with Gasteiger partial charge in [-0.3, -0.25) is 4.79 Å². The van der Waals surface area contributed by atoms with Crippen LogP contribution in [0.1, 0.15) is 48.7 Å². The van der Waals surface area contributed by atoms with Crippen molar-refractivity contribution in [2.45, 2.75) is 45.2 Å². The Morgan fingerprint density at radius 2 is 1.91 bits per heavy atom. The number of nitrogens with zero attached hydrogens (tertiary/aromatic N) is 6. The van der Waals surface area contributed by atoms with Gasteiger partial charge in [0.1, 0.15) is 5.82 Å². The van der Waals surface area contributed by atoms with Crippen molar-refractivity contribution in [1.29, 1.82) is 0 Å². The van der Waals surface area contributed by atoms with Crippen molar-refractivity contribution in [3.63, 3.8) is 0 Å². The predicted octanol–water partition coefficient (Wildman–Crippen LogP) is 1.00. The third-order valence-electron chi connectivity index (χ3n) is 6.57. The molecule has 1 amide bonds. The van der Waals surface area contributed by atoms with Crippen molar-refractivity contribution >= 4 is 29.2 Å². The minimum Gasteiger partial charge on any atom is -0.382 e. The maximum Gasteiger partial charge on any atom is 0.276 e. The van der Waals surface area contributed by atoms with Gasteiger partial charge in [-0.15, -0.1) is 0 Å². The third kappa shape index (κ3) is 4.46. The normalized spacial score (nSPS) is 16.7. The Morgan fingerprint density at radius 3 is 2.59 bits per heavy atom. The molecule has 1 saturated heterocycles. The first-order valence-corrected chi connectivity index (χ1v) is 11.3. The molecule has 4 rings (SSSR count). The minimum absolute atomic E-state index is 0.150. The highest BCUT2D eigenvalue weighted by atomic mass is 16.2. The van der Waals surface area contributed by atoms with Gasteiger partial charge in [0.2, 0.25) is 0 Å². The average molecular weight is 436 g/mol. The lowest BCUT2D eigenvalue weighted by Crippen LogP contribution is -2.44. The summed E-state index contributed by atoms with van der Waals surface area (Å²) in [5.74, 6) is 0.900. The van der Waals surface area contributed by atoms with E-state index in [0.717, 1.165) is 60.7 Å². The molecule has 32 heavy (non-hydrogen) atoms. The summed E-state index contributed by atoms with van der Waals surface area (Å²) >= 11 is 0. The number of nitrogen functional groups attached to an aromatic ring is 1. The van der Waals surface area contributed by atoms with E-state index in [1.165, 1.54) is 18.0 Å². The number of piperidine rings is 1. The number of hydrogen-bond donors (Lipinski definition) is 1. The van der Waals surface area contributed by atoms with Crippen LogP contribution in [0.15, 0.2) is 18.5 Å². The number of rotatable bonds is 5. The minimum atomic E-state index is -0.239. The number of nitrogens with two attached hydrogens (primary N) is 1. The van der Waals surface area contributed by atoms with E-state index in [1.54, 1.807) is 11.9 Å². The average Bonchev–Trinajstić information content (AvgIpc) is 2.79. The molecule has 2 aromatic rings. The van der Waals surface area contributed by atoms with Gasteiger partial charge in [-0.2, -0.15) is 0 Å². The molecule has 0 bridgehead atoms. The molecular weight excluding hydrogens is 402 g/mol. The van der Waals surface area contributed by atoms with Crippen LogP contribution in [0.2, 0.25) is 0 Å². The van der Waals surface area contributed by atoms with Crippen molar-refractivity contribution in [2.24, 2.45) is 0 Å². The molecule has 2 N–H and O–H groups in total. The molecule has 2 aliphatic rings. The van der Waals surface area contributed by atoms with Crippen LogP contribution < -0.4 is 21.2 Å². The van der Waals surface area contributed by atoms with E-state index < -0.39 is 0 Å². The van der Waals surface area contributed by atoms with E-state index in [4.69, 9.17) is 10.7 Å². The molecule has 8 nitrogen and oxygen atoms in total. The zero-order chi connectivity index (χ0) is 22.8. The van der Waals surface area contributed by atoms with Gasteiger partial charge in [-0.25, -0.2) is 15.0 Å². The third-order valence-corrected chi connectivity index (χ3v) is 6.57. The molecule has 2 aromatic heterocycles. The summed E-state index contributed by atoms with van der Waals surface area (Å²) in [7, 11) is 6.07. The lowest BCUT2D eigenvalue weighted by Gasteiger charge is -2.37. The van der Waals surface area contributed by atoms with Crippen LogP contribution in [0.5, 0.6) is 0 Å². The molecule has 1 aliphatic heterocycles. The Bertz CT molecular complexity index is 1120. The highest BCUT2D eigenvalue weighted by molar-refractivity contribution is 5.96. The van der Waals surface area contributed by atoms with Crippen LogP contribution in [-0.2, 0) is 6.54 Å². The number of anilines is 2. The Morgan fingerprint density at radius 1 is 1.19 bits per heavy atom. The summed E-state index contributed by atoms with van der Waals surface area (Å²) in [4.78, 5) is 32.6. The zero-order valence-corrected chi connectivity index (χ0v) is 19.5. The first-order valence-electron chi connectivity index (χ1n) is 11.3. The molecule has 0 aromatic carbocycles. The number of hydrogen-bond acceptors (Lipinski definition) is 7. The van der Waals surface area contributed by atoms with Gasteiger partial charge in [0, 0.05) is 50.7 Å². The molecule has 1 aliphatic carbocycles. The maximum atomic E-state index is 13.0. The number of fused-ring (bicyclic) bond motifs is 1. The second-order valence-corrected chi connectivity index (χ2v) is 9.07. The molecule has 0 spiro atoms. The highest BCUT2D eigenvalue weighted by Gasteiger charge is 2.25. The van der Waals surface area contributed by atoms with Crippen molar-refractivity contribution in [3.05, 3.63) is 40.3 Å². The lowest BCUT2D eigenvalue weighted by atomic mass is 10.0. The number of carbonyl (C=O) groups excluding carboxylic acids is 1. The zero-order valence-electron chi connectivity index (χ0n) is 19.5. The van der Waals surface area contributed by atoms with Crippen molar-refractivity contribution in [1.82, 2.24) is 24.8 Å². The smallest absolute Gasteiger partial charge is 0.276 e. The summed E-state index contributed by atoms with van der Waals surface area (Å²) in [6.07, 6.45) is 9.51. The SMILES string of the molecule is CC1=c2nc(N3CCC(N(C)C)CC3)c(CN(C)C(=O)c3nccnc3N)cc2=CCC1. The second kappa shape index (κ2) is 9.24. The molecule has 8 heteroatoms. The van der Waals surface area contributed by atoms with Crippen LogP contribution in [-0.4, -0.2) is 70.9 Å². The Kier molecular flexibility index (Phi) is 6.41. The van der Waals surface area contributed by atoms with E-state index in [-0.39, 0.29) is 17.4 Å². The molecule has 1 fully saturated rings. The fourth-order valence-corrected chi connectivity index (χ4v) is 4.63. The maximum absolute atomic E-state index is 13.0. The van der Waals surface area contributed by atoms with Gasteiger partial charge in [-0.05, 0) is 63.6 Å². The molecule has 0 atom stereocenters. The Labute approximate surface area is 189 Å². The molecule has 170 valence electrons. The second-order valence-electron chi connectivity index (χ2n) is 9.07. The van der Waals surface area contributed by atoms with Gasteiger partial charge in [-0.1, -0.05) is 6.08 Å². The standard InChI is InChI=1S/C24H33N7O/c1-16-6-5-7-17-14-18(15-30(4)24(32)21-22(25)27-11-10-26-21)23(28-20(16)17)31-12-8-19(9-13-31)29(2)3/h7,10-11,14,19H,5-6,8-9,12-13,15H2,1-4H3,(H2,25,27). The summed E-state index contributed by atoms with van der Waals surface area (Å²) in [5.41, 5.74) is 8.46. The van der Waals surface area contributed by atoms with Gasteiger partial charge in [0.25, 0.3) is 5.91 Å². The van der Waals surface area contributed by atoms with Crippen molar-refractivity contribution in [2.75, 3.05) is 44.9 Å². The van der Waals surface area contributed by atoms with E-state index >= 15 is 0 Å². The van der Waals surface area contributed by atoms with E-state index in [0.29, 0.717) is 12.6 Å². The van der Waals surface area contributed by atoms with E-state index in [9.17, 15) is 4.79 Å². The fraction of sp³-hybridized carbons (Fsp3) is 0.500. The molecule has 3 heterocycles. The molecule has 0 radical (unpaired) electrons. The lowest BCUT2D eigenvalue weighted by molar-refractivity contribution is 0.0780. The highest BCUT2D eigenvalue weighted by Crippen LogP contribution is 2.24. The number of carbonyl (C=O) groups is 1. The van der Waals surface area contributed by atoms with Crippen LogP contribution in [0, 0.1) is 0 Å². The van der Waals surface area contributed by atoms with Crippen LogP contribution in [0.4, 0.5) is 11.6 Å². The summed E-state index contributed by atoms with van der Waals surface area (Å²) in [5, 5.41) is 2.26. The van der Waals surface area contributed by atoms with Crippen LogP contribution in [0.3, 0.4) is 0 Å². The topological polar surface area (TPSA) is 91.5 Å². The van der Waals surface area contributed by atoms with E-state index in [2.05, 4.69) is 52.9 Å². The number of aromatic nitrogens is 3. The van der Waals surface area contributed by atoms with Crippen molar-refractivity contribution in [3.8, 4) is 0 Å². The van der Waals surface area contributed by atoms with Crippen LogP contribution in [0.25, 0.3) is 11.6 Å². The Balaban J connectivity index is 1.67. The molecule has 0 saturated carbocycles. The monoisotopic (exact) mass is 435 g/mol. The fourth-order valence-electron chi connectivity index (χ4n) is 4.63. The predicted molar refractivity (Wildman–Crippen MR) is 127 cm³/mol. The number of pyridine rings is 1. The van der Waals surface area contributed by atoms with Crippen molar-refractivity contribution < 1.29 is 4.79 Å². The summed E-state index contributed by atoms with van der Waals surface area (Å²) < 4.78 is 0. The summed E-state index contributed by atoms with van der Waals surface area (Å²) in [6, 6.07) is 2.81. The van der Waals surface area contributed by atoms with Gasteiger partial charge in [0.15, 0.2) is 11.5 Å². The molecule has 0 unspecified atom stereocenters. The van der Waals surface area contributed by atoms with Crippen LogP contribution >= 0.6 is 0 Å². The van der Waals surface area contributed by atoms with Gasteiger partial charge >= 0.3 is 0 Å². The molecular formula is C24H33N7O. The Hall–Kier alpha value is -3.00.